The van der Waals surface area contributed by atoms with Gasteiger partial charge in [0.25, 0.3) is 0 Å². The zero-order valence-corrected chi connectivity index (χ0v) is 44.1. The first kappa shape index (κ1) is 58.3. The van der Waals surface area contributed by atoms with Gasteiger partial charge in [-0.15, -0.1) is 0 Å². The summed E-state index contributed by atoms with van der Waals surface area (Å²) in [5.41, 5.74) is 0. The number of unbranched alkanes of at least 4 members (excludes halogenated alkanes) is 25. The Morgan fingerprint density at radius 1 is 0.397 bits per heavy atom. The van der Waals surface area contributed by atoms with Gasteiger partial charge in [-0.05, 0) is 64.2 Å². The minimum Gasteiger partial charge on any atom is -0.459 e. The van der Waals surface area contributed by atoms with Gasteiger partial charge in [0.2, 0.25) is 0 Å². The van der Waals surface area contributed by atoms with Crippen molar-refractivity contribution in [3.05, 3.63) is 24.3 Å². The van der Waals surface area contributed by atoms with Crippen LogP contribution in [-0.2, 0) is 19.1 Å². The van der Waals surface area contributed by atoms with Crippen molar-refractivity contribution < 1.29 is 19.1 Å². The zero-order chi connectivity index (χ0) is 42.7. The molecule has 0 aliphatic carbocycles. The first-order chi connectivity index (χ1) is 28.2. The molecule has 58 heavy (non-hydrogen) atoms. The summed E-state index contributed by atoms with van der Waals surface area (Å²) in [5, 5.41) is 0. The van der Waals surface area contributed by atoms with Crippen LogP contribution in [0.2, 0.25) is 0 Å². The number of carbonyl (C=O) groups is 2. The van der Waals surface area contributed by atoms with E-state index in [-0.39, 0.29) is 18.5 Å². The maximum atomic E-state index is 12.8. The largest absolute Gasteiger partial charge is 0.459 e. The van der Waals surface area contributed by atoms with E-state index in [4.69, 9.17) is 9.47 Å². The molecule has 0 saturated heterocycles. The van der Waals surface area contributed by atoms with Gasteiger partial charge in [0, 0.05) is 31.5 Å². The Morgan fingerprint density at radius 3 is 1.05 bits per heavy atom. The third kappa shape index (κ3) is 40.4. The van der Waals surface area contributed by atoms with Crippen molar-refractivity contribution in [2.45, 2.75) is 271 Å². The van der Waals surface area contributed by atoms with Crippen molar-refractivity contribution in [1.29, 1.82) is 0 Å². The van der Waals surface area contributed by atoms with E-state index in [9.17, 15) is 9.59 Å². The molecule has 5 unspecified atom stereocenters. The molecule has 0 spiro atoms. The molecule has 0 fully saturated rings. The van der Waals surface area contributed by atoms with Crippen LogP contribution in [0.4, 0.5) is 0 Å². The second-order valence-corrected chi connectivity index (χ2v) is 21.6. The standard InChI is InChI=1S/C50H90Br4O4/c1-4-7-10-13-16-17-18-19-22-29-36-44(58-50(56)42-35-28-21-26-33-40-48(54)46(52)38-31-24-15-12-9-6-3)43-57-49(55)41-34-27-20-25-32-39-47(53)45(51)37-30-23-14-11-8-5-2/h34-35,41-42,44-48H,4-33,36-40,43H2,1-3H3. The Labute approximate surface area is 393 Å². The number of hydrogen-bond acceptors (Lipinski definition) is 4. The highest BCUT2D eigenvalue weighted by atomic mass is 79.9. The van der Waals surface area contributed by atoms with Crippen LogP contribution in [-0.4, -0.2) is 44.0 Å². The number of alkyl halides is 4. The van der Waals surface area contributed by atoms with Crippen LogP contribution >= 0.6 is 63.7 Å². The average molecular weight is 1070 g/mol. The fourth-order valence-electron chi connectivity index (χ4n) is 7.34. The van der Waals surface area contributed by atoms with Gasteiger partial charge in [0.05, 0.1) is 0 Å². The van der Waals surface area contributed by atoms with Gasteiger partial charge in [-0.25, -0.2) is 9.59 Å². The number of hydrogen-bond donors (Lipinski definition) is 0. The molecule has 0 heterocycles. The molecular formula is C50H90Br4O4. The third-order valence-electron chi connectivity index (χ3n) is 11.2. The molecule has 0 aromatic carbocycles. The molecule has 0 N–H and O–H groups in total. The number of carbonyl (C=O) groups excluding carboxylic acids is 2. The lowest BCUT2D eigenvalue weighted by molar-refractivity contribution is -0.153. The van der Waals surface area contributed by atoms with E-state index in [2.05, 4.69) is 84.5 Å². The van der Waals surface area contributed by atoms with Crippen LogP contribution in [0, 0.1) is 0 Å². The fraction of sp³-hybridized carbons (Fsp3) is 0.880. The summed E-state index contributed by atoms with van der Waals surface area (Å²) in [5.74, 6) is -0.684. The summed E-state index contributed by atoms with van der Waals surface area (Å²) in [6, 6.07) is 0. The smallest absolute Gasteiger partial charge is 0.330 e. The number of allylic oxidation sites excluding steroid dienone is 2. The highest BCUT2D eigenvalue weighted by molar-refractivity contribution is 9.12. The molecule has 0 saturated carbocycles. The minimum absolute atomic E-state index is 0.112. The lowest BCUT2D eigenvalue weighted by Crippen LogP contribution is -2.24. The molecule has 0 radical (unpaired) electrons. The van der Waals surface area contributed by atoms with Gasteiger partial charge in [0.15, 0.2) is 0 Å². The molecule has 0 amide bonds. The molecular weight excluding hydrogens is 984 g/mol. The van der Waals surface area contributed by atoms with Crippen molar-refractivity contribution in [2.24, 2.45) is 0 Å². The second kappa shape index (κ2) is 45.4. The Balaban J connectivity index is 4.50. The third-order valence-corrected chi connectivity index (χ3v) is 17.0. The van der Waals surface area contributed by atoms with Crippen LogP contribution in [0.15, 0.2) is 24.3 Å². The molecule has 0 bridgehead atoms. The van der Waals surface area contributed by atoms with Gasteiger partial charge in [-0.1, -0.05) is 257 Å². The SMILES string of the molecule is CCCCCCCCCCCCC(COC(=O)C=CCCCCCC(Br)C(Br)CCCCCCCC)OC(=O)C=CCCCCCC(Br)C(Br)CCCCCCCC. The predicted molar refractivity (Wildman–Crippen MR) is 269 cm³/mol. The molecule has 0 aliphatic rings. The van der Waals surface area contributed by atoms with E-state index in [1.165, 1.54) is 167 Å². The molecule has 4 nitrogen and oxygen atoms in total. The Bertz CT molecular complexity index is 960. The Morgan fingerprint density at radius 2 is 0.690 bits per heavy atom. The summed E-state index contributed by atoms with van der Waals surface area (Å²) in [7, 11) is 0. The first-order valence-electron chi connectivity index (χ1n) is 24.5. The summed E-state index contributed by atoms with van der Waals surface area (Å²) in [6.45, 7) is 6.91. The van der Waals surface area contributed by atoms with Crippen LogP contribution in [0.1, 0.15) is 245 Å². The van der Waals surface area contributed by atoms with Crippen molar-refractivity contribution in [2.75, 3.05) is 6.61 Å². The summed E-state index contributed by atoms with van der Waals surface area (Å²) in [6.07, 6.45) is 49.3. The van der Waals surface area contributed by atoms with Crippen LogP contribution in [0.25, 0.3) is 0 Å². The summed E-state index contributed by atoms with van der Waals surface area (Å²) >= 11 is 15.6. The predicted octanol–water partition coefficient (Wildman–Crippen LogP) is 18.3. The quantitative estimate of drug-likeness (QED) is 0.0264. The van der Waals surface area contributed by atoms with E-state index in [1.807, 2.05) is 12.2 Å². The number of halogens is 4. The molecule has 8 heteroatoms. The van der Waals surface area contributed by atoms with Gasteiger partial charge in [-0.3, -0.25) is 0 Å². The minimum atomic E-state index is -0.413. The Hall–Kier alpha value is 0.340. The lowest BCUT2D eigenvalue weighted by atomic mass is 10.0. The van der Waals surface area contributed by atoms with Crippen LogP contribution < -0.4 is 0 Å². The van der Waals surface area contributed by atoms with Crippen molar-refractivity contribution in [3.63, 3.8) is 0 Å². The van der Waals surface area contributed by atoms with Gasteiger partial charge in [0.1, 0.15) is 12.7 Å². The van der Waals surface area contributed by atoms with E-state index < -0.39 is 6.10 Å². The number of rotatable bonds is 44. The molecule has 5 atom stereocenters. The fourth-order valence-corrected chi connectivity index (χ4v) is 9.69. The molecule has 0 aromatic rings. The normalized spacial score (nSPS) is 14.5. The number of ether oxygens (including phenoxy) is 2. The van der Waals surface area contributed by atoms with Gasteiger partial charge in [-0.2, -0.15) is 0 Å². The molecule has 342 valence electrons. The molecule has 0 aromatic heterocycles. The van der Waals surface area contributed by atoms with Gasteiger partial charge >= 0.3 is 11.9 Å². The summed E-state index contributed by atoms with van der Waals surface area (Å²) in [4.78, 5) is 27.5. The zero-order valence-electron chi connectivity index (χ0n) is 37.8. The average Bonchev–Trinajstić information content (AvgIpc) is 3.21. The summed E-state index contributed by atoms with van der Waals surface area (Å²) < 4.78 is 11.4. The van der Waals surface area contributed by atoms with E-state index in [1.54, 1.807) is 12.2 Å². The number of esters is 2. The highest BCUT2D eigenvalue weighted by Gasteiger charge is 2.17. The Kier molecular flexibility index (Phi) is 45.6. The first-order valence-corrected chi connectivity index (χ1v) is 28.2. The highest BCUT2D eigenvalue weighted by Crippen LogP contribution is 2.27. The van der Waals surface area contributed by atoms with Crippen LogP contribution in [0.5, 0.6) is 0 Å². The van der Waals surface area contributed by atoms with E-state index in [0.29, 0.717) is 19.3 Å². The topological polar surface area (TPSA) is 52.6 Å². The van der Waals surface area contributed by atoms with E-state index >= 15 is 0 Å². The van der Waals surface area contributed by atoms with Crippen molar-refractivity contribution in [1.82, 2.24) is 0 Å². The second-order valence-electron chi connectivity index (χ2n) is 16.9. The lowest BCUT2D eigenvalue weighted by Gasteiger charge is -2.17. The maximum absolute atomic E-state index is 12.8. The molecule has 0 rings (SSSR count). The van der Waals surface area contributed by atoms with E-state index in [0.717, 1.165) is 57.8 Å². The van der Waals surface area contributed by atoms with Crippen LogP contribution in [0.3, 0.4) is 0 Å². The van der Waals surface area contributed by atoms with Crippen molar-refractivity contribution in [3.8, 4) is 0 Å². The van der Waals surface area contributed by atoms with Crippen molar-refractivity contribution >= 4 is 75.7 Å². The van der Waals surface area contributed by atoms with Gasteiger partial charge < -0.3 is 9.47 Å². The maximum Gasteiger partial charge on any atom is 0.330 e. The molecule has 0 aliphatic heterocycles. The monoisotopic (exact) mass is 1070 g/mol.